The van der Waals surface area contributed by atoms with Gasteiger partial charge in [-0.1, -0.05) is 6.08 Å². The molecule has 0 aromatic heterocycles. The van der Waals surface area contributed by atoms with Crippen LogP contribution in [-0.2, 0) is 4.79 Å². The van der Waals surface area contributed by atoms with Gasteiger partial charge in [0.2, 0.25) is 0 Å². The molecule has 15 heavy (non-hydrogen) atoms. The molecule has 5 heteroatoms. The van der Waals surface area contributed by atoms with Crippen LogP contribution in [0.4, 0.5) is 4.79 Å². The Morgan fingerprint density at radius 1 is 1.60 bits per heavy atom. The Bertz CT molecular complexity index is 268. The first-order chi connectivity index (χ1) is 7.20. The highest BCUT2D eigenvalue weighted by Crippen LogP contribution is 2.12. The molecule has 0 radical (unpaired) electrons. The number of nitrogens with one attached hydrogen (secondary N) is 1. The van der Waals surface area contributed by atoms with Crippen LogP contribution in [0.1, 0.15) is 12.8 Å². The van der Waals surface area contributed by atoms with E-state index < -0.39 is 0 Å². The Morgan fingerprint density at radius 3 is 2.93 bits per heavy atom. The molecule has 1 atom stereocenters. The normalized spacial score (nSPS) is 20.6. The molecule has 84 valence electrons. The molecule has 0 aromatic rings. The van der Waals surface area contributed by atoms with Crippen LogP contribution < -0.4 is 5.32 Å². The van der Waals surface area contributed by atoms with Gasteiger partial charge in [-0.15, -0.1) is 6.58 Å². The zero-order valence-electron chi connectivity index (χ0n) is 8.86. The first kappa shape index (κ1) is 12.1. The summed E-state index contributed by atoms with van der Waals surface area (Å²) >= 11 is 1.67. The number of urea groups is 1. The lowest BCUT2D eigenvalue weighted by Gasteiger charge is -2.10. The van der Waals surface area contributed by atoms with E-state index in [2.05, 4.69) is 11.9 Å². The van der Waals surface area contributed by atoms with Crippen LogP contribution in [0.2, 0.25) is 0 Å². The molecule has 1 aliphatic rings. The number of thioether (sulfide) groups is 1. The molecule has 1 fully saturated rings. The molecule has 4 nitrogen and oxygen atoms in total. The Hall–Kier alpha value is -0.970. The average Bonchev–Trinajstić information content (AvgIpc) is 2.49. The summed E-state index contributed by atoms with van der Waals surface area (Å²) in [5.74, 6) is 0.780. The van der Waals surface area contributed by atoms with Crippen LogP contribution in [0.3, 0.4) is 0 Å². The number of hydrogen-bond donors (Lipinski definition) is 1. The van der Waals surface area contributed by atoms with Crippen molar-refractivity contribution in [1.82, 2.24) is 10.2 Å². The fourth-order valence-corrected chi connectivity index (χ4v) is 1.91. The number of amides is 3. The van der Waals surface area contributed by atoms with Gasteiger partial charge in [0.25, 0.3) is 5.91 Å². The van der Waals surface area contributed by atoms with Gasteiger partial charge >= 0.3 is 6.03 Å². The van der Waals surface area contributed by atoms with Gasteiger partial charge in [0.15, 0.2) is 0 Å². The fraction of sp³-hybridized carbons (Fsp3) is 0.600. The molecule has 0 spiro atoms. The molecule has 1 heterocycles. The van der Waals surface area contributed by atoms with Gasteiger partial charge in [0, 0.05) is 6.54 Å². The van der Waals surface area contributed by atoms with Crippen molar-refractivity contribution in [3.05, 3.63) is 12.7 Å². The average molecular weight is 228 g/mol. The van der Waals surface area contributed by atoms with E-state index in [0.717, 1.165) is 5.75 Å². The van der Waals surface area contributed by atoms with Crippen LogP contribution in [0.25, 0.3) is 0 Å². The molecule has 1 rings (SSSR count). The maximum atomic E-state index is 11.7. The summed E-state index contributed by atoms with van der Waals surface area (Å²) in [5, 5.41) is 2.69. The number of carbonyl (C=O) groups is 2. The van der Waals surface area contributed by atoms with E-state index >= 15 is 0 Å². The van der Waals surface area contributed by atoms with Gasteiger partial charge in [-0.2, -0.15) is 11.8 Å². The lowest BCUT2D eigenvalue weighted by molar-refractivity contribution is -0.127. The molecule has 1 N–H and O–H groups in total. The summed E-state index contributed by atoms with van der Waals surface area (Å²) in [7, 11) is 0. The van der Waals surface area contributed by atoms with Crippen molar-refractivity contribution in [2.24, 2.45) is 0 Å². The second-order valence-electron chi connectivity index (χ2n) is 3.35. The third-order valence-corrected chi connectivity index (χ3v) is 2.92. The van der Waals surface area contributed by atoms with Gasteiger partial charge in [-0.05, 0) is 24.9 Å². The van der Waals surface area contributed by atoms with Crippen molar-refractivity contribution in [2.45, 2.75) is 18.9 Å². The van der Waals surface area contributed by atoms with E-state index in [9.17, 15) is 9.59 Å². The molecule has 0 aromatic carbocycles. The van der Waals surface area contributed by atoms with Gasteiger partial charge in [0.05, 0.1) is 0 Å². The second-order valence-corrected chi connectivity index (χ2v) is 4.34. The van der Waals surface area contributed by atoms with Gasteiger partial charge < -0.3 is 5.32 Å². The Kier molecular flexibility index (Phi) is 4.68. The molecule has 1 saturated heterocycles. The van der Waals surface area contributed by atoms with Crippen molar-refractivity contribution in [3.63, 3.8) is 0 Å². The van der Waals surface area contributed by atoms with E-state index in [1.807, 2.05) is 6.26 Å². The number of rotatable bonds is 6. The van der Waals surface area contributed by atoms with Crippen molar-refractivity contribution in [1.29, 1.82) is 0 Å². The van der Waals surface area contributed by atoms with Crippen molar-refractivity contribution in [3.8, 4) is 0 Å². The first-order valence-corrected chi connectivity index (χ1v) is 6.31. The monoisotopic (exact) mass is 228 g/mol. The van der Waals surface area contributed by atoms with Crippen LogP contribution >= 0.6 is 11.8 Å². The number of nitrogens with zero attached hydrogens (tertiary/aromatic N) is 1. The largest absolute Gasteiger partial charge is 0.326 e. The summed E-state index contributed by atoms with van der Waals surface area (Å²) in [6.45, 7) is 4.00. The van der Waals surface area contributed by atoms with E-state index in [-0.39, 0.29) is 18.0 Å². The standard InChI is InChI=1S/C10H16N2O2S/c1-3-4-6-12-9(13)8(5-7-15-2)11-10(12)14/h3,8H,1,4-7H2,2H3,(H,11,14). The summed E-state index contributed by atoms with van der Waals surface area (Å²) < 4.78 is 0. The molecular formula is C10H16N2O2S. The quantitative estimate of drug-likeness (QED) is 0.549. The molecule has 1 unspecified atom stereocenters. The fourth-order valence-electron chi connectivity index (χ4n) is 1.44. The summed E-state index contributed by atoms with van der Waals surface area (Å²) in [6, 6.07) is -0.595. The third-order valence-electron chi connectivity index (χ3n) is 2.27. The minimum atomic E-state index is -0.324. The topological polar surface area (TPSA) is 49.4 Å². The molecule has 3 amide bonds. The van der Waals surface area contributed by atoms with Crippen LogP contribution in [-0.4, -0.2) is 41.4 Å². The second kappa shape index (κ2) is 5.80. The SMILES string of the molecule is C=CCCN1C(=O)NC(CCSC)C1=O. The Balaban J connectivity index is 2.50. The van der Waals surface area contributed by atoms with Gasteiger partial charge in [-0.3, -0.25) is 9.69 Å². The van der Waals surface area contributed by atoms with E-state index in [1.54, 1.807) is 17.8 Å². The number of imide groups is 1. The Labute approximate surface area is 94.1 Å². The molecule has 0 aliphatic carbocycles. The van der Waals surface area contributed by atoms with Gasteiger partial charge in [-0.25, -0.2) is 4.79 Å². The maximum absolute atomic E-state index is 11.7. The first-order valence-electron chi connectivity index (χ1n) is 4.92. The number of hydrogen-bond acceptors (Lipinski definition) is 3. The minimum Gasteiger partial charge on any atom is -0.326 e. The predicted molar refractivity (Wildman–Crippen MR) is 61.8 cm³/mol. The highest BCUT2D eigenvalue weighted by Gasteiger charge is 2.36. The third kappa shape index (κ3) is 2.99. The zero-order valence-corrected chi connectivity index (χ0v) is 9.68. The smallest absolute Gasteiger partial charge is 0.324 e. The van der Waals surface area contributed by atoms with E-state index in [1.165, 1.54) is 4.90 Å². The molecule has 0 saturated carbocycles. The van der Waals surface area contributed by atoms with Gasteiger partial charge in [0.1, 0.15) is 6.04 Å². The molecular weight excluding hydrogens is 212 g/mol. The summed E-state index contributed by atoms with van der Waals surface area (Å²) in [6.07, 6.45) is 5.04. The van der Waals surface area contributed by atoms with Crippen LogP contribution in [0, 0.1) is 0 Å². The lowest BCUT2D eigenvalue weighted by atomic mass is 10.2. The Morgan fingerprint density at radius 2 is 2.33 bits per heavy atom. The lowest BCUT2D eigenvalue weighted by Crippen LogP contribution is -2.32. The predicted octanol–water partition coefficient (Wildman–Crippen LogP) is 1.24. The minimum absolute atomic E-state index is 0.101. The van der Waals surface area contributed by atoms with Crippen molar-refractivity contribution in [2.75, 3.05) is 18.6 Å². The summed E-state index contributed by atoms with van der Waals surface area (Å²) in [4.78, 5) is 24.4. The molecule has 1 aliphatic heterocycles. The van der Waals surface area contributed by atoms with E-state index in [4.69, 9.17) is 0 Å². The molecule has 0 bridgehead atoms. The maximum Gasteiger partial charge on any atom is 0.324 e. The van der Waals surface area contributed by atoms with E-state index in [0.29, 0.717) is 19.4 Å². The van der Waals surface area contributed by atoms with Crippen LogP contribution in [0.5, 0.6) is 0 Å². The van der Waals surface area contributed by atoms with Crippen LogP contribution in [0.15, 0.2) is 12.7 Å². The number of carbonyl (C=O) groups excluding carboxylic acids is 2. The highest BCUT2D eigenvalue weighted by atomic mass is 32.2. The van der Waals surface area contributed by atoms with Crippen molar-refractivity contribution >= 4 is 23.7 Å². The highest BCUT2D eigenvalue weighted by molar-refractivity contribution is 7.98. The summed E-state index contributed by atoms with van der Waals surface area (Å²) in [5.41, 5.74) is 0. The zero-order chi connectivity index (χ0) is 11.3. The van der Waals surface area contributed by atoms with Crippen molar-refractivity contribution < 1.29 is 9.59 Å².